The second-order valence-electron chi connectivity index (χ2n) is 10.9. The normalized spacial score (nSPS) is 14.9. The van der Waals surface area contributed by atoms with Gasteiger partial charge in [0, 0.05) is 66.6 Å². The molecule has 222 valence electrons. The number of benzene rings is 1. The molecule has 8 nitrogen and oxygen atoms in total. The van der Waals surface area contributed by atoms with Gasteiger partial charge in [-0.2, -0.15) is 8.78 Å². The van der Waals surface area contributed by atoms with E-state index in [0.29, 0.717) is 61.0 Å². The maximum absolute atomic E-state index is 15.2. The van der Waals surface area contributed by atoms with Crippen molar-refractivity contribution in [1.29, 1.82) is 0 Å². The number of anilines is 1. The summed E-state index contributed by atoms with van der Waals surface area (Å²) in [5.74, 6) is -0.0416. The number of halogens is 3. The highest BCUT2D eigenvalue weighted by molar-refractivity contribution is 5.76. The minimum absolute atomic E-state index is 0.0830. The summed E-state index contributed by atoms with van der Waals surface area (Å²) < 4.78 is 53.1. The van der Waals surface area contributed by atoms with Gasteiger partial charge in [0.1, 0.15) is 17.2 Å². The molecule has 0 unspecified atom stereocenters. The molecule has 0 bridgehead atoms. The van der Waals surface area contributed by atoms with Crippen molar-refractivity contribution >= 4 is 17.6 Å². The molecule has 0 N–H and O–H groups in total. The summed E-state index contributed by atoms with van der Waals surface area (Å²) >= 11 is 0. The Morgan fingerprint density at radius 3 is 2.55 bits per heavy atom. The molecule has 11 heteroatoms. The van der Waals surface area contributed by atoms with E-state index in [4.69, 9.17) is 9.47 Å². The summed E-state index contributed by atoms with van der Waals surface area (Å²) in [5.41, 5.74) is 2.57. The van der Waals surface area contributed by atoms with E-state index in [1.165, 1.54) is 12.1 Å². The van der Waals surface area contributed by atoms with E-state index in [2.05, 4.69) is 21.9 Å². The second-order valence-corrected chi connectivity index (χ2v) is 10.9. The van der Waals surface area contributed by atoms with Crippen LogP contribution >= 0.6 is 0 Å². The number of hydrogen-bond acceptors (Lipinski definition) is 7. The molecule has 1 aliphatic rings. The number of imidazole rings is 1. The number of pyridine rings is 1. The van der Waals surface area contributed by atoms with Crippen LogP contribution < -0.4 is 9.64 Å². The molecule has 0 spiro atoms. The Morgan fingerprint density at radius 2 is 1.86 bits per heavy atom. The molecule has 0 aliphatic carbocycles. The van der Waals surface area contributed by atoms with Crippen molar-refractivity contribution in [3.05, 3.63) is 71.7 Å². The SMILES string of the molecule is CCCCOC(=O)C1(C)CCN(c2ncc(-c3cn4c(Cc5ccccc5OC(F)F)c(C)nc4cc3F)cn2)CC1. The first-order valence-corrected chi connectivity index (χ1v) is 14.1. The third-order valence-electron chi connectivity index (χ3n) is 7.88. The monoisotopic (exact) mass is 581 g/mol. The van der Waals surface area contributed by atoms with Gasteiger partial charge < -0.3 is 18.8 Å². The zero-order valence-corrected chi connectivity index (χ0v) is 23.9. The van der Waals surface area contributed by atoms with Crippen LogP contribution in [0, 0.1) is 18.2 Å². The van der Waals surface area contributed by atoms with Crippen LogP contribution in [0.3, 0.4) is 0 Å². The van der Waals surface area contributed by atoms with Crippen LogP contribution in [0.25, 0.3) is 16.8 Å². The molecule has 5 rings (SSSR count). The summed E-state index contributed by atoms with van der Waals surface area (Å²) in [7, 11) is 0. The van der Waals surface area contributed by atoms with Crippen molar-refractivity contribution in [2.24, 2.45) is 5.41 Å². The van der Waals surface area contributed by atoms with Crippen molar-refractivity contribution in [2.75, 3.05) is 24.6 Å². The number of piperidine rings is 1. The zero-order valence-electron chi connectivity index (χ0n) is 23.9. The van der Waals surface area contributed by atoms with Gasteiger partial charge in [0.15, 0.2) is 0 Å². The highest BCUT2D eigenvalue weighted by atomic mass is 19.3. The van der Waals surface area contributed by atoms with Crippen molar-refractivity contribution in [3.8, 4) is 16.9 Å². The highest BCUT2D eigenvalue weighted by Gasteiger charge is 2.38. The van der Waals surface area contributed by atoms with Crippen LogP contribution in [0.5, 0.6) is 5.75 Å². The van der Waals surface area contributed by atoms with Gasteiger partial charge in [-0.3, -0.25) is 4.79 Å². The summed E-state index contributed by atoms with van der Waals surface area (Å²) in [6.45, 7) is 4.50. The van der Waals surface area contributed by atoms with E-state index in [-0.39, 0.29) is 23.7 Å². The number of rotatable bonds is 10. The van der Waals surface area contributed by atoms with Crippen LogP contribution in [0.1, 0.15) is 56.5 Å². The Labute approximate surface area is 242 Å². The molecular formula is C31H34F3N5O3. The second kappa shape index (κ2) is 12.4. The Hall–Kier alpha value is -4.15. The molecule has 1 aromatic carbocycles. The predicted octanol–water partition coefficient (Wildman–Crippen LogP) is 6.38. The number of alkyl halides is 2. The number of unbranched alkanes of at least 4 members (excludes halogenated alkanes) is 1. The van der Waals surface area contributed by atoms with Crippen molar-refractivity contribution in [2.45, 2.75) is 59.5 Å². The van der Waals surface area contributed by atoms with Gasteiger partial charge in [0.05, 0.1) is 17.7 Å². The Kier molecular flexibility index (Phi) is 8.65. The van der Waals surface area contributed by atoms with E-state index in [9.17, 15) is 13.6 Å². The summed E-state index contributed by atoms with van der Waals surface area (Å²) in [6, 6.07) is 7.92. The third-order valence-corrected chi connectivity index (χ3v) is 7.88. The largest absolute Gasteiger partial charge is 0.465 e. The van der Waals surface area contributed by atoms with Gasteiger partial charge >= 0.3 is 12.6 Å². The van der Waals surface area contributed by atoms with Crippen LogP contribution in [-0.4, -0.2) is 51.6 Å². The summed E-state index contributed by atoms with van der Waals surface area (Å²) in [4.78, 5) is 28.1. The van der Waals surface area contributed by atoms with E-state index in [1.807, 2.05) is 11.8 Å². The van der Waals surface area contributed by atoms with Crippen molar-refractivity contribution in [1.82, 2.24) is 19.4 Å². The zero-order chi connectivity index (χ0) is 29.9. The molecule has 1 fully saturated rings. The van der Waals surface area contributed by atoms with Gasteiger partial charge in [-0.05, 0) is 39.2 Å². The van der Waals surface area contributed by atoms with Gasteiger partial charge in [-0.15, -0.1) is 0 Å². The number of nitrogens with zero attached hydrogens (tertiary/aromatic N) is 5. The van der Waals surface area contributed by atoms with E-state index in [1.54, 1.807) is 48.1 Å². The lowest BCUT2D eigenvalue weighted by Crippen LogP contribution is -2.44. The van der Waals surface area contributed by atoms with Crippen molar-refractivity contribution < 1.29 is 27.4 Å². The third kappa shape index (κ3) is 6.19. The minimum Gasteiger partial charge on any atom is -0.465 e. The summed E-state index contributed by atoms with van der Waals surface area (Å²) in [6.07, 6.45) is 8.13. The van der Waals surface area contributed by atoms with Gasteiger partial charge in [-0.1, -0.05) is 31.5 Å². The molecule has 4 heterocycles. The molecule has 1 aliphatic heterocycles. The first kappa shape index (κ1) is 29.3. The fourth-order valence-corrected chi connectivity index (χ4v) is 5.21. The maximum atomic E-state index is 15.2. The van der Waals surface area contributed by atoms with Gasteiger partial charge in [-0.25, -0.2) is 19.3 Å². The predicted molar refractivity (Wildman–Crippen MR) is 152 cm³/mol. The smallest absolute Gasteiger partial charge is 0.387 e. The molecule has 42 heavy (non-hydrogen) atoms. The molecule has 0 saturated carbocycles. The standard InChI is InChI=1S/C31H34F3N5O3/c1-4-5-14-41-28(40)31(3)10-12-38(13-11-31)30-35-17-22(18-36-30)23-19-39-25(20(2)37-27(39)16-24(23)32)15-21-8-6-7-9-26(21)42-29(33)34/h6-9,16-19,29H,4-5,10-15H2,1-3H3. The number of para-hydroxylation sites is 1. The van der Waals surface area contributed by atoms with Crippen LogP contribution in [0.4, 0.5) is 19.1 Å². The van der Waals surface area contributed by atoms with E-state index in [0.717, 1.165) is 18.5 Å². The molecule has 0 atom stereocenters. The molecular weight excluding hydrogens is 547 g/mol. The average Bonchev–Trinajstić information content (AvgIpc) is 3.27. The Bertz CT molecular complexity index is 1550. The number of hydrogen-bond donors (Lipinski definition) is 0. The number of aromatic nitrogens is 4. The fourth-order valence-electron chi connectivity index (χ4n) is 5.21. The maximum Gasteiger partial charge on any atom is 0.387 e. The molecule has 0 amide bonds. The molecule has 4 aromatic rings. The lowest BCUT2D eigenvalue weighted by atomic mass is 9.80. The topological polar surface area (TPSA) is 81.9 Å². The fraction of sp³-hybridized carbons (Fsp3) is 0.419. The minimum atomic E-state index is -2.94. The van der Waals surface area contributed by atoms with Gasteiger partial charge in [0.25, 0.3) is 0 Å². The number of carbonyl (C=O) groups is 1. The first-order valence-electron chi connectivity index (χ1n) is 14.1. The van der Waals surface area contributed by atoms with Crippen LogP contribution in [0.15, 0.2) is 48.9 Å². The van der Waals surface area contributed by atoms with E-state index >= 15 is 4.39 Å². The number of aryl methyl sites for hydroxylation is 1. The lowest BCUT2D eigenvalue weighted by molar-refractivity contribution is -0.156. The average molecular weight is 582 g/mol. The Morgan fingerprint density at radius 1 is 1.14 bits per heavy atom. The quantitative estimate of drug-likeness (QED) is 0.159. The molecule has 1 saturated heterocycles. The number of esters is 1. The van der Waals surface area contributed by atoms with Crippen LogP contribution in [-0.2, 0) is 16.0 Å². The molecule has 3 aromatic heterocycles. The summed E-state index contributed by atoms with van der Waals surface area (Å²) in [5, 5.41) is 0. The molecule has 0 radical (unpaired) electrons. The Balaban J connectivity index is 1.34. The van der Waals surface area contributed by atoms with Gasteiger partial charge in [0.2, 0.25) is 5.95 Å². The number of carbonyl (C=O) groups excluding carboxylic acids is 1. The van der Waals surface area contributed by atoms with Crippen LogP contribution in [0.2, 0.25) is 0 Å². The highest BCUT2D eigenvalue weighted by Crippen LogP contribution is 2.34. The van der Waals surface area contributed by atoms with E-state index < -0.39 is 17.8 Å². The number of ether oxygens (including phenoxy) is 2. The lowest BCUT2D eigenvalue weighted by Gasteiger charge is -2.37. The first-order chi connectivity index (χ1) is 20.2. The number of fused-ring (bicyclic) bond motifs is 1. The van der Waals surface area contributed by atoms with Crippen molar-refractivity contribution in [3.63, 3.8) is 0 Å².